The molecule has 1 aliphatic rings. The van der Waals surface area contributed by atoms with Crippen LogP contribution in [0.4, 0.5) is 10.5 Å². The lowest BCUT2D eigenvalue weighted by molar-refractivity contribution is 0.200. The molecular formula is C19H22N2O3S. The minimum Gasteiger partial charge on any atom is -0.508 e. The molecule has 132 valence electrons. The molecule has 0 spiro atoms. The highest BCUT2D eigenvalue weighted by Gasteiger charge is 2.20. The predicted octanol–water partition coefficient (Wildman–Crippen LogP) is 4.07. The molecule has 2 aromatic carbocycles. The van der Waals surface area contributed by atoms with Gasteiger partial charge in [0.05, 0.1) is 13.1 Å². The molecule has 1 aliphatic heterocycles. The first-order valence-electron chi connectivity index (χ1n) is 8.33. The Hall–Kier alpha value is -2.34. The van der Waals surface area contributed by atoms with Crippen LogP contribution in [0.1, 0.15) is 18.1 Å². The fourth-order valence-electron chi connectivity index (χ4n) is 2.66. The lowest BCUT2D eigenvalue weighted by Gasteiger charge is -2.20. The molecule has 0 aromatic heterocycles. The highest BCUT2D eigenvalue weighted by molar-refractivity contribution is 7.98. The van der Waals surface area contributed by atoms with Crippen molar-refractivity contribution in [2.24, 2.45) is 0 Å². The fraction of sp³-hybridized carbons (Fsp3) is 0.316. The van der Waals surface area contributed by atoms with Crippen LogP contribution < -0.4 is 10.1 Å². The summed E-state index contributed by atoms with van der Waals surface area (Å²) in [6, 6.07) is 12.7. The quantitative estimate of drug-likeness (QED) is 0.865. The third kappa shape index (κ3) is 4.60. The number of hydrogen-bond donors (Lipinski definition) is 2. The number of hydrogen-bond acceptors (Lipinski definition) is 4. The molecule has 0 unspecified atom stereocenters. The zero-order valence-corrected chi connectivity index (χ0v) is 15.0. The van der Waals surface area contributed by atoms with E-state index in [1.54, 1.807) is 23.1 Å². The lowest BCUT2D eigenvalue weighted by Crippen LogP contribution is -2.36. The standard InChI is InChI=1S/C19H22N2O3S/c1-2-25-13-14-3-5-16(6-4-14)20-19(23)21-9-10-24-18-8-7-17(22)11-15(18)12-21/h3-8,11,22H,2,9-10,12-13H2,1H3,(H,20,23). The van der Waals surface area contributed by atoms with Crippen molar-refractivity contribution in [2.75, 3.05) is 24.2 Å². The molecule has 0 fully saturated rings. The Morgan fingerprint density at radius 1 is 1.28 bits per heavy atom. The zero-order chi connectivity index (χ0) is 17.6. The number of thioether (sulfide) groups is 1. The summed E-state index contributed by atoms with van der Waals surface area (Å²) in [7, 11) is 0. The van der Waals surface area contributed by atoms with Gasteiger partial charge in [-0.2, -0.15) is 11.8 Å². The van der Waals surface area contributed by atoms with E-state index in [0.717, 1.165) is 22.8 Å². The van der Waals surface area contributed by atoms with Gasteiger partial charge < -0.3 is 20.1 Å². The molecule has 2 amide bonds. The van der Waals surface area contributed by atoms with E-state index in [-0.39, 0.29) is 11.8 Å². The first-order valence-corrected chi connectivity index (χ1v) is 9.48. The van der Waals surface area contributed by atoms with Gasteiger partial charge in [0.2, 0.25) is 0 Å². The van der Waals surface area contributed by atoms with Crippen LogP contribution in [0.25, 0.3) is 0 Å². The number of rotatable bonds is 4. The summed E-state index contributed by atoms with van der Waals surface area (Å²) < 4.78 is 5.65. The number of amides is 2. The molecule has 25 heavy (non-hydrogen) atoms. The summed E-state index contributed by atoms with van der Waals surface area (Å²) in [6.45, 7) is 3.47. The smallest absolute Gasteiger partial charge is 0.322 e. The largest absolute Gasteiger partial charge is 0.508 e. The van der Waals surface area contributed by atoms with Gasteiger partial charge in [-0.05, 0) is 41.6 Å². The van der Waals surface area contributed by atoms with Crippen LogP contribution >= 0.6 is 11.8 Å². The number of aromatic hydroxyl groups is 1. The number of phenolic OH excluding ortho intramolecular Hbond substituents is 1. The molecule has 0 saturated heterocycles. The van der Waals surface area contributed by atoms with Crippen molar-refractivity contribution in [2.45, 2.75) is 19.2 Å². The van der Waals surface area contributed by atoms with Gasteiger partial charge >= 0.3 is 6.03 Å². The van der Waals surface area contributed by atoms with Gasteiger partial charge in [0.15, 0.2) is 0 Å². The van der Waals surface area contributed by atoms with Crippen molar-refractivity contribution in [1.29, 1.82) is 0 Å². The van der Waals surface area contributed by atoms with Crippen molar-refractivity contribution >= 4 is 23.5 Å². The number of nitrogens with zero attached hydrogens (tertiary/aromatic N) is 1. The topological polar surface area (TPSA) is 61.8 Å². The van der Waals surface area contributed by atoms with Crippen molar-refractivity contribution in [1.82, 2.24) is 4.90 Å². The van der Waals surface area contributed by atoms with Gasteiger partial charge in [-0.1, -0.05) is 19.1 Å². The number of carbonyl (C=O) groups is 1. The van der Waals surface area contributed by atoms with Crippen LogP contribution in [-0.2, 0) is 12.3 Å². The molecule has 2 N–H and O–H groups in total. The van der Waals surface area contributed by atoms with E-state index in [1.807, 2.05) is 36.0 Å². The molecule has 0 saturated carbocycles. The monoisotopic (exact) mass is 358 g/mol. The van der Waals surface area contributed by atoms with Crippen LogP contribution in [0, 0.1) is 0 Å². The van der Waals surface area contributed by atoms with E-state index in [0.29, 0.717) is 25.4 Å². The SMILES string of the molecule is CCSCc1ccc(NC(=O)N2CCOc3ccc(O)cc3C2)cc1. The van der Waals surface area contributed by atoms with Gasteiger partial charge in [0.1, 0.15) is 18.1 Å². The fourth-order valence-corrected chi connectivity index (χ4v) is 3.29. The van der Waals surface area contributed by atoms with Crippen LogP contribution in [0.2, 0.25) is 0 Å². The second-order valence-corrected chi connectivity index (χ2v) is 7.10. The predicted molar refractivity (Wildman–Crippen MR) is 101 cm³/mol. The first kappa shape index (κ1) is 17.5. The van der Waals surface area contributed by atoms with Crippen molar-refractivity contribution in [3.63, 3.8) is 0 Å². The number of fused-ring (bicyclic) bond motifs is 1. The van der Waals surface area contributed by atoms with Crippen LogP contribution in [0.3, 0.4) is 0 Å². The van der Waals surface area contributed by atoms with E-state index in [4.69, 9.17) is 4.74 Å². The molecule has 2 aromatic rings. The highest BCUT2D eigenvalue weighted by atomic mass is 32.2. The van der Waals surface area contributed by atoms with Crippen molar-refractivity contribution in [3.8, 4) is 11.5 Å². The molecule has 6 heteroatoms. The van der Waals surface area contributed by atoms with E-state index < -0.39 is 0 Å². The summed E-state index contributed by atoms with van der Waals surface area (Å²) >= 11 is 1.87. The number of nitrogens with one attached hydrogen (secondary N) is 1. The van der Waals surface area contributed by atoms with Crippen molar-refractivity contribution in [3.05, 3.63) is 53.6 Å². The maximum Gasteiger partial charge on any atom is 0.322 e. The number of ether oxygens (including phenoxy) is 1. The Balaban J connectivity index is 1.64. The minimum absolute atomic E-state index is 0.171. The van der Waals surface area contributed by atoms with E-state index in [9.17, 15) is 9.90 Å². The van der Waals surface area contributed by atoms with Gasteiger partial charge in [0.25, 0.3) is 0 Å². The molecule has 5 nitrogen and oxygen atoms in total. The maximum absolute atomic E-state index is 12.6. The Bertz CT molecular complexity index is 734. The second kappa shape index (κ2) is 8.16. The summed E-state index contributed by atoms with van der Waals surface area (Å²) in [5, 5.41) is 12.6. The second-order valence-electron chi connectivity index (χ2n) is 5.83. The van der Waals surface area contributed by atoms with Crippen molar-refractivity contribution < 1.29 is 14.6 Å². The third-order valence-electron chi connectivity index (χ3n) is 3.99. The van der Waals surface area contributed by atoms with Gasteiger partial charge in [-0.15, -0.1) is 0 Å². The average molecular weight is 358 g/mol. The number of carbonyl (C=O) groups excluding carboxylic acids is 1. The van der Waals surface area contributed by atoms with Gasteiger partial charge in [-0.25, -0.2) is 4.79 Å². The highest BCUT2D eigenvalue weighted by Crippen LogP contribution is 2.27. The molecule has 3 rings (SSSR count). The molecule has 0 radical (unpaired) electrons. The normalized spacial score (nSPS) is 13.6. The number of benzene rings is 2. The summed E-state index contributed by atoms with van der Waals surface area (Å²) in [6.07, 6.45) is 0. The van der Waals surface area contributed by atoms with Gasteiger partial charge in [0, 0.05) is 17.0 Å². The Labute approximate surface area is 152 Å². The van der Waals surface area contributed by atoms with Crippen LogP contribution in [-0.4, -0.2) is 34.9 Å². The lowest BCUT2D eigenvalue weighted by atomic mass is 10.2. The first-order chi connectivity index (χ1) is 12.2. The summed E-state index contributed by atoms with van der Waals surface area (Å²) in [4.78, 5) is 14.3. The Morgan fingerprint density at radius 3 is 2.84 bits per heavy atom. The molecule has 0 aliphatic carbocycles. The summed E-state index contributed by atoms with van der Waals surface area (Å²) in [5.74, 6) is 2.96. The molecule has 0 atom stereocenters. The van der Waals surface area contributed by atoms with E-state index >= 15 is 0 Å². The number of urea groups is 1. The maximum atomic E-state index is 12.6. The summed E-state index contributed by atoms with van der Waals surface area (Å²) in [5.41, 5.74) is 2.83. The van der Waals surface area contributed by atoms with E-state index in [2.05, 4.69) is 12.2 Å². The van der Waals surface area contributed by atoms with Crippen LogP contribution in [0.15, 0.2) is 42.5 Å². The van der Waals surface area contributed by atoms with Crippen LogP contribution in [0.5, 0.6) is 11.5 Å². The minimum atomic E-state index is -0.171. The Morgan fingerprint density at radius 2 is 2.08 bits per heavy atom. The molecule has 0 bridgehead atoms. The molecule has 1 heterocycles. The number of phenols is 1. The number of anilines is 1. The Kier molecular flexibility index (Phi) is 5.71. The van der Waals surface area contributed by atoms with Gasteiger partial charge in [-0.3, -0.25) is 0 Å². The molecular weight excluding hydrogens is 336 g/mol. The van der Waals surface area contributed by atoms with E-state index in [1.165, 1.54) is 5.56 Å². The zero-order valence-electron chi connectivity index (χ0n) is 14.2. The average Bonchev–Trinajstić information content (AvgIpc) is 2.83. The third-order valence-corrected chi connectivity index (χ3v) is 4.94.